The Bertz CT molecular complexity index is 138. The van der Waals surface area contributed by atoms with E-state index in [4.69, 9.17) is 5.11 Å². The van der Waals surface area contributed by atoms with Crippen molar-refractivity contribution in [2.24, 2.45) is 5.41 Å². The smallest absolute Gasteiger partial charge is 0.304 e. The summed E-state index contributed by atoms with van der Waals surface area (Å²) in [4.78, 5) is 10.1. The van der Waals surface area contributed by atoms with Gasteiger partial charge in [-0.1, -0.05) is 20.8 Å². The molecule has 0 rings (SSSR count). The molecule has 0 amide bonds. The summed E-state index contributed by atoms with van der Waals surface area (Å²) in [6.07, 6.45) is 1.29. The number of nitrogens with one attached hydrogen (secondary N) is 1. The van der Waals surface area contributed by atoms with E-state index in [9.17, 15) is 4.79 Å². The van der Waals surface area contributed by atoms with Gasteiger partial charge in [-0.15, -0.1) is 0 Å². The molecule has 0 fully saturated rings. The molecule has 0 saturated carbocycles. The molecule has 0 atom stereocenters. The third-order valence-electron chi connectivity index (χ3n) is 1.57. The van der Waals surface area contributed by atoms with Gasteiger partial charge in [0.05, 0.1) is 6.42 Å². The zero-order valence-electron chi connectivity index (χ0n) is 8.18. The molecule has 0 aliphatic carbocycles. The van der Waals surface area contributed by atoms with Crippen LogP contribution in [0.1, 0.15) is 33.6 Å². The predicted molar refractivity (Wildman–Crippen MR) is 49.2 cm³/mol. The summed E-state index contributed by atoms with van der Waals surface area (Å²) in [5.41, 5.74) is 0.330. The van der Waals surface area contributed by atoms with Crippen molar-refractivity contribution in [3.05, 3.63) is 0 Å². The van der Waals surface area contributed by atoms with E-state index in [1.54, 1.807) is 0 Å². The average Bonchev–Trinajstić information content (AvgIpc) is 1.83. The van der Waals surface area contributed by atoms with E-state index in [0.717, 1.165) is 13.0 Å². The molecule has 0 radical (unpaired) electrons. The maximum atomic E-state index is 10.1. The number of carboxylic acid groups (broad SMARTS) is 1. The Hall–Kier alpha value is -0.570. The van der Waals surface area contributed by atoms with Crippen LogP contribution in [0, 0.1) is 5.41 Å². The van der Waals surface area contributed by atoms with E-state index in [1.807, 2.05) is 0 Å². The minimum absolute atomic E-state index is 0.212. The molecule has 0 spiro atoms. The van der Waals surface area contributed by atoms with Crippen molar-refractivity contribution in [2.75, 3.05) is 13.1 Å². The molecule has 72 valence electrons. The summed E-state index contributed by atoms with van der Waals surface area (Å²) in [5, 5.41) is 11.4. The summed E-state index contributed by atoms with van der Waals surface area (Å²) in [5.74, 6) is -0.738. The number of rotatable bonds is 5. The van der Waals surface area contributed by atoms with Gasteiger partial charge in [-0.2, -0.15) is 0 Å². The number of hydrogen-bond donors (Lipinski definition) is 2. The van der Waals surface area contributed by atoms with Crippen LogP contribution in [0.15, 0.2) is 0 Å². The van der Waals surface area contributed by atoms with Gasteiger partial charge >= 0.3 is 5.97 Å². The number of carbonyl (C=O) groups is 1. The first-order valence-electron chi connectivity index (χ1n) is 4.34. The predicted octanol–water partition coefficient (Wildman–Crippen LogP) is 1.49. The first-order valence-corrected chi connectivity index (χ1v) is 4.34. The van der Waals surface area contributed by atoms with Crippen LogP contribution < -0.4 is 5.32 Å². The summed E-state index contributed by atoms with van der Waals surface area (Å²) in [7, 11) is 0. The standard InChI is InChI=1S/C9H19NO2/c1-9(2,3)5-7-10-6-4-8(11)12/h10H,4-7H2,1-3H3,(H,11,12). The normalized spacial score (nSPS) is 11.6. The van der Waals surface area contributed by atoms with Crippen molar-refractivity contribution >= 4 is 5.97 Å². The van der Waals surface area contributed by atoms with Crippen molar-refractivity contribution in [3.63, 3.8) is 0 Å². The average molecular weight is 173 g/mol. The lowest BCUT2D eigenvalue weighted by Crippen LogP contribution is -2.23. The molecule has 0 bridgehead atoms. The first-order chi connectivity index (χ1) is 5.42. The second-order valence-electron chi connectivity index (χ2n) is 4.20. The van der Waals surface area contributed by atoms with Crippen molar-refractivity contribution < 1.29 is 9.90 Å². The molecule has 0 aromatic carbocycles. The second kappa shape index (κ2) is 5.14. The fraction of sp³-hybridized carbons (Fsp3) is 0.889. The Labute approximate surface area is 74.2 Å². The molecule has 0 saturated heterocycles. The number of carboxylic acids is 1. The maximum Gasteiger partial charge on any atom is 0.304 e. The number of hydrogen-bond acceptors (Lipinski definition) is 2. The Morgan fingerprint density at radius 3 is 2.33 bits per heavy atom. The monoisotopic (exact) mass is 173 g/mol. The third kappa shape index (κ3) is 9.43. The molecule has 3 nitrogen and oxygen atoms in total. The molecule has 0 aliphatic rings. The zero-order valence-corrected chi connectivity index (χ0v) is 8.18. The molecule has 2 N–H and O–H groups in total. The Morgan fingerprint density at radius 2 is 1.92 bits per heavy atom. The Balaban J connectivity index is 3.17. The highest BCUT2D eigenvalue weighted by atomic mass is 16.4. The lowest BCUT2D eigenvalue weighted by atomic mass is 9.92. The van der Waals surface area contributed by atoms with Crippen LogP contribution in [0.3, 0.4) is 0 Å². The SMILES string of the molecule is CC(C)(C)CCNCCC(=O)O. The van der Waals surface area contributed by atoms with Crippen LogP contribution in [0.2, 0.25) is 0 Å². The summed E-state index contributed by atoms with van der Waals surface area (Å²) < 4.78 is 0. The first kappa shape index (κ1) is 11.4. The summed E-state index contributed by atoms with van der Waals surface area (Å²) >= 11 is 0. The molecular formula is C9H19NO2. The van der Waals surface area contributed by atoms with E-state index in [1.165, 1.54) is 0 Å². The van der Waals surface area contributed by atoms with Crippen LogP contribution in [0.25, 0.3) is 0 Å². The van der Waals surface area contributed by atoms with Crippen LogP contribution >= 0.6 is 0 Å². The van der Waals surface area contributed by atoms with Gasteiger partial charge in [-0.05, 0) is 18.4 Å². The minimum atomic E-state index is -0.738. The topological polar surface area (TPSA) is 49.3 Å². The lowest BCUT2D eigenvalue weighted by molar-refractivity contribution is -0.136. The van der Waals surface area contributed by atoms with E-state index in [2.05, 4.69) is 26.1 Å². The highest BCUT2D eigenvalue weighted by Crippen LogP contribution is 2.16. The van der Waals surface area contributed by atoms with Gasteiger partial charge in [0.2, 0.25) is 0 Å². The van der Waals surface area contributed by atoms with E-state index >= 15 is 0 Å². The van der Waals surface area contributed by atoms with Gasteiger partial charge in [0.25, 0.3) is 0 Å². The van der Waals surface area contributed by atoms with Crippen molar-refractivity contribution in [1.29, 1.82) is 0 Å². The largest absolute Gasteiger partial charge is 0.481 e. The van der Waals surface area contributed by atoms with Gasteiger partial charge in [0.1, 0.15) is 0 Å². The Kier molecular flexibility index (Phi) is 4.90. The van der Waals surface area contributed by atoms with Crippen LogP contribution in [-0.2, 0) is 4.79 Å². The van der Waals surface area contributed by atoms with E-state index in [-0.39, 0.29) is 6.42 Å². The molecule has 0 unspecified atom stereocenters. The maximum absolute atomic E-state index is 10.1. The highest BCUT2D eigenvalue weighted by molar-refractivity contribution is 5.66. The molecule has 0 aromatic heterocycles. The third-order valence-corrected chi connectivity index (χ3v) is 1.57. The van der Waals surface area contributed by atoms with Gasteiger partial charge in [-0.25, -0.2) is 0 Å². The highest BCUT2D eigenvalue weighted by Gasteiger charge is 2.08. The van der Waals surface area contributed by atoms with Crippen LogP contribution in [0.5, 0.6) is 0 Å². The zero-order chi connectivity index (χ0) is 9.61. The molecule has 0 aromatic rings. The van der Waals surface area contributed by atoms with Crippen molar-refractivity contribution in [2.45, 2.75) is 33.6 Å². The van der Waals surface area contributed by atoms with Gasteiger partial charge in [0, 0.05) is 6.54 Å². The fourth-order valence-electron chi connectivity index (χ4n) is 0.784. The molecular weight excluding hydrogens is 154 g/mol. The molecule has 12 heavy (non-hydrogen) atoms. The van der Waals surface area contributed by atoms with E-state index in [0.29, 0.717) is 12.0 Å². The van der Waals surface area contributed by atoms with Crippen LogP contribution in [-0.4, -0.2) is 24.2 Å². The van der Waals surface area contributed by atoms with E-state index < -0.39 is 5.97 Å². The Morgan fingerprint density at radius 1 is 1.33 bits per heavy atom. The summed E-state index contributed by atoms with van der Waals surface area (Å²) in [6, 6.07) is 0. The van der Waals surface area contributed by atoms with Crippen molar-refractivity contribution in [3.8, 4) is 0 Å². The lowest BCUT2D eigenvalue weighted by Gasteiger charge is -2.17. The fourth-order valence-corrected chi connectivity index (χ4v) is 0.784. The van der Waals surface area contributed by atoms with Crippen LogP contribution in [0.4, 0.5) is 0 Å². The molecule has 0 heterocycles. The van der Waals surface area contributed by atoms with Crippen molar-refractivity contribution in [1.82, 2.24) is 5.32 Å². The molecule has 0 aliphatic heterocycles. The molecule has 3 heteroatoms. The second-order valence-corrected chi connectivity index (χ2v) is 4.20. The number of aliphatic carboxylic acids is 1. The summed E-state index contributed by atoms with van der Waals surface area (Å²) in [6.45, 7) is 7.99. The van der Waals surface area contributed by atoms with Gasteiger partial charge in [0.15, 0.2) is 0 Å². The quantitative estimate of drug-likeness (QED) is 0.619. The van der Waals surface area contributed by atoms with Gasteiger partial charge < -0.3 is 10.4 Å². The minimum Gasteiger partial charge on any atom is -0.481 e. The van der Waals surface area contributed by atoms with Gasteiger partial charge in [-0.3, -0.25) is 4.79 Å².